The lowest BCUT2D eigenvalue weighted by molar-refractivity contribution is -0.289. The summed E-state index contributed by atoms with van der Waals surface area (Å²) in [5.41, 5.74) is 1.01. The van der Waals surface area contributed by atoms with E-state index in [4.69, 9.17) is 8.64 Å². The van der Waals surface area contributed by atoms with Gasteiger partial charge in [0.2, 0.25) is 0 Å². The lowest BCUT2D eigenvalue weighted by Crippen LogP contribution is -2.23. The highest BCUT2D eigenvalue weighted by atomic mass is 28.3. The van der Waals surface area contributed by atoms with E-state index in [2.05, 4.69) is 0 Å². The van der Waals surface area contributed by atoms with Gasteiger partial charge in [0.15, 0.2) is 0 Å². The Hall–Kier alpha value is -1.13. The Morgan fingerprint density at radius 1 is 1.33 bits per heavy atom. The summed E-state index contributed by atoms with van der Waals surface area (Å²) in [6, 6.07) is 9.89. The van der Waals surface area contributed by atoms with Gasteiger partial charge >= 0.3 is 15.9 Å². The second-order valence-electron chi connectivity index (χ2n) is 2.47. The summed E-state index contributed by atoms with van der Waals surface area (Å²) in [6.45, 7) is 1.90. The van der Waals surface area contributed by atoms with E-state index in [0.29, 0.717) is 0 Å². The molecule has 0 bridgehead atoms. The van der Waals surface area contributed by atoms with E-state index in [0.717, 1.165) is 11.6 Å². The van der Waals surface area contributed by atoms with E-state index in [-0.39, 0.29) is 10.0 Å². The number of hydrogen-bond acceptors (Lipinski definition) is 2. The molecule has 3 nitrogen and oxygen atoms in total. The van der Waals surface area contributed by atoms with Crippen molar-refractivity contribution in [3.05, 3.63) is 30.3 Å². The van der Waals surface area contributed by atoms with Crippen molar-refractivity contribution in [1.29, 1.82) is 0 Å². The topological polar surface area (TPSA) is 23.8 Å². The fourth-order valence-electron chi connectivity index (χ4n) is 1.06. The maximum absolute atomic E-state index is 5.31. The molecular formula is C8H9NO2Si. The molecule has 0 N–H and O–H groups in total. The Morgan fingerprint density at radius 2 is 2.08 bits per heavy atom. The summed E-state index contributed by atoms with van der Waals surface area (Å²) in [6.07, 6.45) is 0. The third-order valence-electron chi connectivity index (χ3n) is 1.64. The van der Waals surface area contributed by atoms with Gasteiger partial charge in [0.25, 0.3) is 0 Å². The first kappa shape index (κ1) is 7.51. The number of rotatable bonds is 1. The Labute approximate surface area is 73.3 Å². The molecule has 4 heteroatoms. The predicted molar refractivity (Wildman–Crippen MR) is 47.8 cm³/mol. The standard InChI is InChI=1S/C8H9NO2Si/c1-7-9(11-12-10-7)8-5-3-2-4-6-8/h2-6,12H,1H3. The highest BCUT2D eigenvalue weighted by Gasteiger charge is 2.19. The van der Waals surface area contributed by atoms with E-state index in [1.54, 1.807) is 5.06 Å². The molecule has 1 aliphatic rings. The monoisotopic (exact) mass is 179 g/mol. The molecular weight excluding hydrogens is 170 g/mol. The van der Waals surface area contributed by atoms with Crippen LogP contribution in [0.1, 0.15) is 6.92 Å². The molecule has 0 aliphatic carbocycles. The van der Waals surface area contributed by atoms with Crippen LogP contribution in [0.2, 0.25) is 0 Å². The van der Waals surface area contributed by atoms with Gasteiger partial charge in [0, 0.05) is 0 Å². The van der Waals surface area contributed by atoms with E-state index in [9.17, 15) is 0 Å². The van der Waals surface area contributed by atoms with Crippen LogP contribution < -0.4 is 5.06 Å². The molecule has 2 rings (SSSR count). The second kappa shape index (κ2) is 3.08. The van der Waals surface area contributed by atoms with Gasteiger partial charge in [0.1, 0.15) is 0 Å². The van der Waals surface area contributed by atoms with Gasteiger partial charge in [-0.05, 0) is 12.1 Å². The number of para-hydroxylation sites is 1. The maximum Gasteiger partial charge on any atom is 0.391 e. The molecule has 0 spiro atoms. The minimum absolute atomic E-state index is 0.361. The summed E-state index contributed by atoms with van der Waals surface area (Å²) in [7, 11) is -0.361. The van der Waals surface area contributed by atoms with E-state index < -0.39 is 0 Å². The molecule has 0 saturated heterocycles. The van der Waals surface area contributed by atoms with Gasteiger partial charge < -0.3 is 8.64 Å². The van der Waals surface area contributed by atoms with E-state index in [1.165, 1.54) is 0 Å². The van der Waals surface area contributed by atoms with Crippen LogP contribution in [-0.2, 0) is 8.64 Å². The van der Waals surface area contributed by atoms with Crippen molar-refractivity contribution in [3.8, 4) is 0 Å². The molecule has 0 atom stereocenters. The van der Waals surface area contributed by atoms with Crippen LogP contribution in [0.15, 0.2) is 30.3 Å². The minimum atomic E-state index is -0.361. The molecule has 0 unspecified atom stereocenters. The van der Waals surface area contributed by atoms with Crippen LogP contribution in [-0.4, -0.2) is 15.9 Å². The fraction of sp³-hybridized carbons (Fsp3) is 0.125. The molecule has 1 aromatic rings. The average Bonchev–Trinajstić information content (AvgIpc) is 2.53. The number of carbonyl (C=O) groups excluding carboxylic acids is 1. The zero-order valence-corrected chi connectivity index (χ0v) is 7.88. The summed E-state index contributed by atoms with van der Waals surface area (Å²) in [4.78, 5) is 0. The molecule has 1 heterocycles. The van der Waals surface area contributed by atoms with Gasteiger partial charge in [0.05, 0.1) is 12.6 Å². The predicted octanol–water partition coefficient (Wildman–Crippen LogP) is 0.787. The number of nitrogens with zero attached hydrogens (tertiary/aromatic N) is 1. The number of anilines is 1. The van der Waals surface area contributed by atoms with Crippen LogP contribution in [0.25, 0.3) is 0 Å². The lowest BCUT2D eigenvalue weighted by Gasteiger charge is -2.13. The molecule has 12 heavy (non-hydrogen) atoms. The lowest BCUT2D eigenvalue weighted by atomic mass is 10.3. The van der Waals surface area contributed by atoms with Gasteiger partial charge in [-0.1, -0.05) is 18.2 Å². The zero-order valence-electron chi connectivity index (χ0n) is 6.73. The van der Waals surface area contributed by atoms with E-state index in [1.807, 2.05) is 37.3 Å². The average molecular weight is 179 g/mol. The first-order valence-electron chi connectivity index (χ1n) is 3.72. The van der Waals surface area contributed by atoms with Gasteiger partial charge in [-0.25, -0.2) is 0 Å². The maximum atomic E-state index is 5.31. The fourth-order valence-corrected chi connectivity index (χ4v) is 1.70. The largest absolute Gasteiger partial charge is 0.468 e. The van der Waals surface area contributed by atoms with Crippen LogP contribution in [0, 0.1) is 0 Å². The van der Waals surface area contributed by atoms with E-state index >= 15 is 0 Å². The molecule has 0 aromatic heterocycles. The van der Waals surface area contributed by atoms with Crippen LogP contribution in [0.4, 0.5) is 5.69 Å². The summed E-state index contributed by atoms with van der Waals surface area (Å²) < 4.78 is 10.5. The molecule has 62 valence electrons. The normalized spacial score (nSPS) is 15.8. The molecule has 1 aromatic carbocycles. The third-order valence-corrected chi connectivity index (χ3v) is 2.38. The van der Waals surface area contributed by atoms with Gasteiger partial charge in [-0.15, -0.1) is 0 Å². The van der Waals surface area contributed by atoms with Crippen molar-refractivity contribution < 1.29 is 8.64 Å². The number of hydrogen-bond donors (Lipinski definition) is 0. The van der Waals surface area contributed by atoms with Crippen molar-refractivity contribution >= 4 is 21.6 Å². The van der Waals surface area contributed by atoms with Crippen molar-refractivity contribution in [3.63, 3.8) is 0 Å². The molecule has 0 saturated carbocycles. The first-order chi connectivity index (χ1) is 5.88. The Kier molecular flexibility index (Phi) is 1.93. The van der Waals surface area contributed by atoms with Gasteiger partial charge in [-0.2, -0.15) is 5.06 Å². The molecule has 0 radical (unpaired) electrons. The number of hydroxylamine groups is 1. The van der Waals surface area contributed by atoms with Crippen molar-refractivity contribution in [2.24, 2.45) is 0 Å². The second-order valence-corrected chi connectivity index (χ2v) is 3.11. The van der Waals surface area contributed by atoms with Crippen molar-refractivity contribution in [1.82, 2.24) is 0 Å². The highest BCUT2D eigenvalue weighted by molar-refractivity contribution is 6.21. The van der Waals surface area contributed by atoms with Crippen LogP contribution in [0.5, 0.6) is 0 Å². The number of amides is 1. The highest BCUT2D eigenvalue weighted by Crippen LogP contribution is 2.15. The molecule has 0 amide bonds. The summed E-state index contributed by atoms with van der Waals surface area (Å²) >= 11 is 0. The number of benzene rings is 1. The summed E-state index contributed by atoms with van der Waals surface area (Å²) in [5, 5.41) is 1.72. The third kappa shape index (κ3) is 1.26. The minimum Gasteiger partial charge on any atom is -0.468 e. The Bertz CT molecular complexity index is 299. The molecule has 1 aliphatic heterocycles. The molecule has 0 fully saturated rings. The van der Waals surface area contributed by atoms with Crippen LogP contribution in [0.3, 0.4) is 0 Å². The van der Waals surface area contributed by atoms with Gasteiger partial charge in [-0.3, -0.25) is 0 Å². The smallest absolute Gasteiger partial charge is 0.391 e. The van der Waals surface area contributed by atoms with Crippen molar-refractivity contribution in [2.75, 3.05) is 5.06 Å². The summed E-state index contributed by atoms with van der Waals surface area (Å²) in [5.74, 6) is 0.816. The SMILES string of the molecule is CC1=[O+][SiH-]ON1c1ccccc1. The quantitative estimate of drug-likeness (QED) is 0.462. The Balaban J connectivity index is 2.27. The first-order valence-corrected chi connectivity index (χ1v) is 4.66. The Morgan fingerprint density at radius 3 is 2.67 bits per heavy atom. The van der Waals surface area contributed by atoms with Crippen molar-refractivity contribution in [2.45, 2.75) is 6.92 Å². The zero-order chi connectivity index (χ0) is 8.39. The van der Waals surface area contributed by atoms with Crippen LogP contribution >= 0.6 is 0 Å².